The van der Waals surface area contributed by atoms with Crippen LogP contribution < -0.4 is 9.47 Å². The predicted octanol–water partition coefficient (Wildman–Crippen LogP) is 3.31. The average Bonchev–Trinajstić information content (AvgIpc) is 3.30. The van der Waals surface area contributed by atoms with E-state index in [1.165, 1.54) is 20.5 Å². The number of benzene rings is 1. The highest BCUT2D eigenvalue weighted by Gasteiger charge is 2.14. The number of ether oxygens (including phenoxy) is 3. The summed E-state index contributed by atoms with van der Waals surface area (Å²) in [4.78, 5) is 12.2. The first-order chi connectivity index (χ1) is 11.7. The number of carbonyl (C=O) groups is 1. The summed E-state index contributed by atoms with van der Waals surface area (Å²) in [6, 6.07) is 9.96. The molecule has 1 aromatic carbocycles. The Bertz CT molecular complexity index is 799. The molecule has 0 unspecified atom stereocenters. The van der Waals surface area contributed by atoms with E-state index in [9.17, 15) is 4.79 Å². The SMILES string of the molecule is COc1cc(OC)cc(C(=O)OCc2cc(-c3ccco3)on2)c1. The summed E-state index contributed by atoms with van der Waals surface area (Å²) in [5.74, 6) is 1.51. The molecule has 0 bridgehead atoms. The minimum atomic E-state index is -0.519. The van der Waals surface area contributed by atoms with Crippen LogP contribution in [0.4, 0.5) is 0 Å². The number of nitrogens with zero attached hydrogens (tertiary/aromatic N) is 1. The van der Waals surface area contributed by atoms with Crippen LogP contribution in [0.25, 0.3) is 11.5 Å². The molecule has 0 radical (unpaired) electrons. The first kappa shape index (κ1) is 15.7. The van der Waals surface area contributed by atoms with Crippen LogP contribution in [0.2, 0.25) is 0 Å². The molecule has 7 nitrogen and oxygen atoms in total. The molecular formula is C17H15NO6. The van der Waals surface area contributed by atoms with Gasteiger partial charge in [0.25, 0.3) is 0 Å². The van der Waals surface area contributed by atoms with Gasteiger partial charge in [-0.25, -0.2) is 4.79 Å². The highest BCUT2D eigenvalue weighted by Crippen LogP contribution is 2.24. The van der Waals surface area contributed by atoms with Gasteiger partial charge >= 0.3 is 5.97 Å². The Balaban J connectivity index is 1.67. The lowest BCUT2D eigenvalue weighted by atomic mass is 10.2. The lowest BCUT2D eigenvalue weighted by Gasteiger charge is -2.08. The van der Waals surface area contributed by atoms with Gasteiger partial charge in [-0.15, -0.1) is 0 Å². The number of rotatable bonds is 6. The van der Waals surface area contributed by atoms with Crippen LogP contribution in [0, 0.1) is 0 Å². The Morgan fingerprint density at radius 1 is 1.08 bits per heavy atom. The van der Waals surface area contributed by atoms with Crippen molar-refractivity contribution in [3.8, 4) is 23.0 Å². The molecule has 0 saturated carbocycles. The molecule has 3 aromatic rings. The van der Waals surface area contributed by atoms with Crippen LogP contribution in [-0.4, -0.2) is 25.3 Å². The first-order valence-corrected chi connectivity index (χ1v) is 7.09. The van der Waals surface area contributed by atoms with E-state index in [0.717, 1.165) is 0 Å². The van der Waals surface area contributed by atoms with Crippen molar-refractivity contribution in [1.82, 2.24) is 5.16 Å². The van der Waals surface area contributed by atoms with Crippen LogP contribution in [0.5, 0.6) is 11.5 Å². The third-order valence-corrected chi connectivity index (χ3v) is 3.26. The normalized spacial score (nSPS) is 10.4. The van der Waals surface area contributed by atoms with E-state index in [1.54, 1.807) is 36.4 Å². The molecule has 0 aliphatic carbocycles. The first-order valence-electron chi connectivity index (χ1n) is 7.09. The van der Waals surface area contributed by atoms with Gasteiger partial charge in [-0.2, -0.15) is 0 Å². The van der Waals surface area contributed by atoms with Gasteiger partial charge in [0.05, 0.1) is 26.0 Å². The molecule has 0 aliphatic heterocycles. The third-order valence-electron chi connectivity index (χ3n) is 3.26. The van der Waals surface area contributed by atoms with E-state index in [1.807, 2.05) is 0 Å². The topological polar surface area (TPSA) is 83.9 Å². The van der Waals surface area contributed by atoms with E-state index in [4.69, 9.17) is 23.2 Å². The van der Waals surface area contributed by atoms with Gasteiger partial charge < -0.3 is 23.2 Å². The van der Waals surface area contributed by atoms with Crippen molar-refractivity contribution in [2.24, 2.45) is 0 Å². The fraction of sp³-hybridized carbons (Fsp3) is 0.176. The average molecular weight is 329 g/mol. The van der Waals surface area contributed by atoms with E-state index in [2.05, 4.69) is 5.16 Å². The number of esters is 1. The number of carbonyl (C=O) groups excluding carboxylic acids is 1. The summed E-state index contributed by atoms with van der Waals surface area (Å²) >= 11 is 0. The minimum Gasteiger partial charge on any atom is -0.497 e. The van der Waals surface area contributed by atoms with Crippen LogP contribution in [-0.2, 0) is 11.3 Å². The lowest BCUT2D eigenvalue weighted by molar-refractivity contribution is 0.0463. The minimum absolute atomic E-state index is 0.0252. The Hall–Kier alpha value is -3.22. The number of aromatic nitrogens is 1. The van der Waals surface area contributed by atoms with Gasteiger partial charge in [0.1, 0.15) is 23.8 Å². The summed E-state index contributed by atoms with van der Waals surface area (Å²) < 4.78 is 25.9. The Morgan fingerprint density at radius 3 is 2.46 bits per heavy atom. The third kappa shape index (κ3) is 3.40. The van der Waals surface area contributed by atoms with Crippen molar-refractivity contribution < 1.29 is 27.9 Å². The maximum absolute atomic E-state index is 12.2. The highest BCUT2D eigenvalue weighted by atomic mass is 16.5. The van der Waals surface area contributed by atoms with Gasteiger partial charge in [-0.3, -0.25) is 0 Å². The molecule has 0 spiro atoms. The zero-order valence-corrected chi connectivity index (χ0v) is 13.1. The van der Waals surface area contributed by atoms with E-state index >= 15 is 0 Å². The molecule has 0 amide bonds. The monoisotopic (exact) mass is 329 g/mol. The van der Waals surface area contributed by atoms with Crippen LogP contribution in [0.15, 0.2) is 51.6 Å². The fourth-order valence-electron chi connectivity index (χ4n) is 2.06. The standard InChI is InChI=1S/C17H15NO6/c1-20-13-6-11(7-14(9-13)21-2)17(19)23-10-12-8-16(24-18-12)15-4-3-5-22-15/h3-9H,10H2,1-2H3. The van der Waals surface area contributed by atoms with Gasteiger partial charge in [0, 0.05) is 12.1 Å². The number of hydrogen-bond donors (Lipinski definition) is 0. The van der Waals surface area contributed by atoms with Crippen molar-refractivity contribution in [3.63, 3.8) is 0 Å². The van der Waals surface area contributed by atoms with Crippen molar-refractivity contribution in [3.05, 3.63) is 53.9 Å². The fourth-order valence-corrected chi connectivity index (χ4v) is 2.06. The second kappa shape index (κ2) is 6.91. The second-order valence-electron chi connectivity index (χ2n) is 4.84. The summed E-state index contributed by atoms with van der Waals surface area (Å²) in [6.45, 7) is -0.0252. The van der Waals surface area contributed by atoms with Gasteiger partial charge in [-0.1, -0.05) is 5.16 Å². The molecule has 0 saturated heterocycles. The summed E-state index contributed by atoms with van der Waals surface area (Å²) in [5.41, 5.74) is 0.797. The summed E-state index contributed by atoms with van der Waals surface area (Å²) in [5, 5.41) is 3.84. The Labute approximate surface area is 137 Å². The predicted molar refractivity (Wildman–Crippen MR) is 82.9 cm³/mol. The lowest BCUT2D eigenvalue weighted by Crippen LogP contribution is -2.06. The second-order valence-corrected chi connectivity index (χ2v) is 4.84. The molecular weight excluding hydrogens is 314 g/mol. The quantitative estimate of drug-likeness (QED) is 0.641. The summed E-state index contributed by atoms with van der Waals surface area (Å²) in [6.07, 6.45) is 1.54. The van der Waals surface area contributed by atoms with E-state index in [0.29, 0.717) is 34.3 Å². The molecule has 24 heavy (non-hydrogen) atoms. The van der Waals surface area contributed by atoms with Crippen LogP contribution >= 0.6 is 0 Å². The molecule has 3 rings (SSSR count). The molecule has 2 aromatic heterocycles. The number of furan rings is 1. The van der Waals surface area contributed by atoms with E-state index in [-0.39, 0.29) is 6.61 Å². The largest absolute Gasteiger partial charge is 0.497 e. The number of methoxy groups -OCH3 is 2. The maximum Gasteiger partial charge on any atom is 0.338 e. The van der Waals surface area contributed by atoms with Crippen molar-refractivity contribution in [2.45, 2.75) is 6.61 Å². The maximum atomic E-state index is 12.2. The smallest absolute Gasteiger partial charge is 0.338 e. The van der Waals surface area contributed by atoms with Gasteiger partial charge in [0.15, 0.2) is 5.76 Å². The van der Waals surface area contributed by atoms with Crippen molar-refractivity contribution in [2.75, 3.05) is 14.2 Å². The van der Waals surface area contributed by atoms with Crippen LogP contribution in [0.3, 0.4) is 0 Å². The van der Waals surface area contributed by atoms with Crippen LogP contribution in [0.1, 0.15) is 16.1 Å². The molecule has 0 atom stereocenters. The summed E-state index contributed by atoms with van der Waals surface area (Å²) in [7, 11) is 3.02. The molecule has 0 fully saturated rings. The van der Waals surface area contributed by atoms with Gasteiger partial charge in [0.2, 0.25) is 5.76 Å². The molecule has 124 valence electrons. The molecule has 7 heteroatoms. The zero-order chi connectivity index (χ0) is 16.9. The zero-order valence-electron chi connectivity index (χ0n) is 13.1. The van der Waals surface area contributed by atoms with E-state index < -0.39 is 5.97 Å². The molecule has 0 N–H and O–H groups in total. The number of hydrogen-bond acceptors (Lipinski definition) is 7. The van der Waals surface area contributed by atoms with Crippen molar-refractivity contribution >= 4 is 5.97 Å². The Morgan fingerprint density at radius 2 is 1.83 bits per heavy atom. The van der Waals surface area contributed by atoms with Crippen molar-refractivity contribution in [1.29, 1.82) is 0 Å². The van der Waals surface area contributed by atoms with Gasteiger partial charge in [-0.05, 0) is 24.3 Å². The Kier molecular flexibility index (Phi) is 4.51. The molecule has 0 aliphatic rings. The highest BCUT2D eigenvalue weighted by molar-refractivity contribution is 5.90. The molecule has 2 heterocycles.